The van der Waals surface area contributed by atoms with E-state index in [-0.39, 0.29) is 17.6 Å². The highest BCUT2D eigenvalue weighted by Crippen LogP contribution is 1.96. The van der Waals surface area contributed by atoms with E-state index < -0.39 is 0 Å². The Morgan fingerprint density at radius 1 is 1.36 bits per heavy atom. The summed E-state index contributed by atoms with van der Waals surface area (Å²) in [7, 11) is 3.46. The summed E-state index contributed by atoms with van der Waals surface area (Å²) in [6.45, 7) is 4.82. The largest absolute Gasteiger partial charge is 0.359 e. The molecule has 82 valence electrons. The molecule has 0 bridgehead atoms. The lowest BCUT2D eigenvalue weighted by molar-refractivity contribution is -0.124. The third-order valence-electron chi connectivity index (χ3n) is 2.07. The second-order valence-electron chi connectivity index (χ2n) is 3.78. The van der Waals surface area contributed by atoms with E-state index in [2.05, 4.69) is 5.32 Å². The number of hydrogen-bond donors (Lipinski definition) is 1. The number of rotatable bonds is 6. The molecule has 0 aromatic heterocycles. The maximum absolute atomic E-state index is 11.3. The van der Waals surface area contributed by atoms with Gasteiger partial charge in [-0.05, 0) is 7.05 Å². The van der Waals surface area contributed by atoms with Gasteiger partial charge in [-0.2, -0.15) is 0 Å². The molecule has 0 aliphatic heterocycles. The molecule has 0 rings (SSSR count). The summed E-state index contributed by atoms with van der Waals surface area (Å²) >= 11 is 0. The lowest BCUT2D eigenvalue weighted by Crippen LogP contribution is -2.32. The second-order valence-corrected chi connectivity index (χ2v) is 3.78. The van der Waals surface area contributed by atoms with Gasteiger partial charge in [-0.3, -0.25) is 14.5 Å². The Balaban J connectivity index is 3.70. The van der Waals surface area contributed by atoms with E-state index >= 15 is 0 Å². The van der Waals surface area contributed by atoms with E-state index in [1.165, 1.54) is 0 Å². The zero-order valence-corrected chi connectivity index (χ0v) is 9.46. The number of amides is 1. The molecule has 4 heteroatoms. The molecule has 0 unspecified atom stereocenters. The molecular weight excluding hydrogens is 180 g/mol. The normalized spacial score (nSPS) is 10.7. The minimum absolute atomic E-state index is 0.00819. The van der Waals surface area contributed by atoms with Crippen LogP contribution in [0.15, 0.2) is 0 Å². The fourth-order valence-corrected chi connectivity index (χ4v) is 0.945. The summed E-state index contributed by atoms with van der Waals surface area (Å²) in [5.41, 5.74) is 0. The van der Waals surface area contributed by atoms with Crippen LogP contribution in [0, 0.1) is 5.92 Å². The Bertz CT molecular complexity index is 202. The van der Waals surface area contributed by atoms with E-state index in [1.807, 2.05) is 25.8 Å². The van der Waals surface area contributed by atoms with E-state index in [4.69, 9.17) is 0 Å². The molecule has 0 saturated carbocycles. The molecule has 0 saturated heterocycles. The number of nitrogens with one attached hydrogen (secondary N) is 1. The predicted octanol–water partition coefficient (Wildman–Crippen LogP) is 0.279. The molecule has 0 aromatic rings. The standard InChI is InChI=1S/C10H20N2O2/c1-8(2)9(13)7-12(4)6-5-10(14)11-3/h8H,5-7H2,1-4H3,(H,11,14). The molecule has 0 aliphatic carbocycles. The number of carbonyl (C=O) groups is 2. The minimum atomic E-state index is 0.00819. The van der Waals surface area contributed by atoms with Crippen LogP contribution in [-0.2, 0) is 9.59 Å². The van der Waals surface area contributed by atoms with Gasteiger partial charge in [0.15, 0.2) is 0 Å². The van der Waals surface area contributed by atoms with Crippen molar-refractivity contribution in [3.8, 4) is 0 Å². The number of hydrogen-bond acceptors (Lipinski definition) is 3. The quantitative estimate of drug-likeness (QED) is 0.670. The van der Waals surface area contributed by atoms with Gasteiger partial charge in [0, 0.05) is 25.9 Å². The molecule has 0 aromatic carbocycles. The molecule has 1 amide bonds. The first-order valence-corrected chi connectivity index (χ1v) is 4.89. The van der Waals surface area contributed by atoms with Crippen LogP contribution in [-0.4, -0.2) is 43.8 Å². The van der Waals surface area contributed by atoms with Crippen LogP contribution in [0.4, 0.5) is 0 Å². The third-order valence-corrected chi connectivity index (χ3v) is 2.07. The number of carbonyl (C=O) groups excluding carboxylic acids is 2. The van der Waals surface area contributed by atoms with Crippen molar-refractivity contribution in [2.45, 2.75) is 20.3 Å². The van der Waals surface area contributed by atoms with Gasteiger partial charge in [0.1, 0.15) is 5.78 Å². The Hall–Kier alpha value is -0.900. The van der Waals surface area contributed by atoms with Crippen LogP contribution in [0.2, 0.25) is 0 Å². The van der Waals surface area contributed by atoms with Gasteiger partial charge in [-0.15, -0.1) is 0 Å². The van der Waals surface area contributed by atoms with Gasteiger partial charge in [-0.25, -0.2) is 0 Å². The van der Waals surface area contributed by atoms with Crippen LogP contribution in [0.25, 0.3) is 0 Å². The molecule has 14 heavy (non-hydrogen) atoms. The predicted molar refractivity (Wildman–Crippen MR) is 56.0 cm³/mol. The molecule has 0 atom stereocenters. The minimum Gasteiger partial charge on any atom is -0.359 e. The Morgan fingerprint density at radius 2 is 1.93 bits per heavy atom. The smallest absolute Gasteiger partial charge is 0.221 e. The molecular formula is C10H20N2O2. The lowest BCUT2D eigenvalue weighted by Gasteiger charge is -2.16. The number of ketones is 1. The molecule has 0 heterocycles. The summed E-state index contributed by atoms with van der Waals surface area (Å²) in [6, 6.07) is 0. The average molecular weight is 200 g/mol. The number of nitrogens with zero attached hydrogens (tertiary/aromatic N) is 1. The van der Waals surface area contributed by atoms with Crippen LogP contribution in [0.3, 0.4) is 0 Å². The topological polar surface area (TPSA) is 49.4 Å². The van der Waals surface area contributed by atoms with E-state index in [9.17, 15) is 9.59 Å². The fraction of sp³-hybridized carbons (Fsp3) is 0.800. The monoisotopic (exact) mass is 200 g/mol. The van der Waals surface area contributed by atoms with Gasteiger partial charge in [0.2, 0.25) is 5.91 Å². The zero-order valence-electron chi connectivity index (χ0n) is 9.46. The molecule has 0 fully saturated rings. The lowest BCUT2D eigenvalue weighted by atomic mass is 10.1. The van der Waals surface area contributed by atoms with Crippen molar-refractivity contribution in [1.29, 1.82) is 0 Å². The van der Waals surface area contributed by atoms with Crippen molar-refractivity contribution in [3.05, 3.63) is 0 Å². The Morgan fingerprint density at radius 3 is 2.36 bits per heavy atom. The molecule has 4 nitrogen and oxygen atoms in total. The van der Waals surface area contributed by atoms with Crippen molar-refractivity contribution < 1.29 is 9.59 Å². The van der Waals surface area contributed by atoms with Crippen LogP contribution in [0.5, 0.6) is 0 Å². The van der Waals surface area contributed by atoms with E-state index in [0.29, 0.717) is 19.5 Å². The van der Waals surface area contributed by atoms with Crippen LogP contribution in [0.1, 0.15) is 20.3 Å². The van der Waals surface area contributed by atoms with Gasteiger partial charge in [-0.1, -0.05) is 13.8 Å². The highest BCUT2D eigenvalue weighted by molar-refractivity contribution is 5.82. The first kappa shape index (κ1) is 13.1. The van der Waals surface area contributed by atoms with Crippen molar-refractivity contribution in [3.63, 3.8) is 0 Å². The van der Waals surface area contributed by atoms with Crippen molar-refractivity contribution >= 4 is 11.7 Å². The maximum atomic E-state index is 11.3. The summed E-state index contributed by atoms with van der Waals surface area (Å²) < 4.78 is 0. The van der Waals surface area contributed by atoms with Crippen LogP contribution >= 0.6 is 0 Å². The summed E-state index contributed by atoms with van der Waals surface area (Å²) in [5.74, 6) is 0.288. The summed E-state index contributed by atoms with van der Waals surface area (Å²) in [4.78, 5) is 24.1. The first-order chi connectivity index (χ1) is 6.47. The third kappa shape index (κ3) is 5.70. The van der Waals surface area contributed by atoms with Crippen LogP contribution < -0.4 is 5.32 Å². The Kier molecular flexibility index (Phi) is 6.12. The number of Topliss-reactive ketones (excluding diaryl/α,β-unsaturated/α-hetero) is 1. The van der Waals surface area contributed by atoms with Crippen molar-refractivity contribution in [1.82, 2.24) is 10.2 Å². The van der Waals surface area contributed by atoms with E-state index in [0.717, 1.165) is 0 Å². The maximum Gasteiger partial charge on any atom is 0.221 e. The van der Waals surface area contributed by atoms with Gasteiger partial charge >= 0.3 is 0 Å². The highest BCUT2D eigenvalue weighted by Gasteiger charge is 2.10. The Labute approximate surface area is 85.7 Å². The SMILES string of the molecule is CNC(=O)CCN(C)CC(=O)C(C)C. The van der Waals surface area contributed by atoms with Gasteiger partial charge < -0.3 is 5.32 Å². The van der Waals surface area contributed by atoms with E-state index in [1.54, 1.807) is 7.05 Å². The first-order valence-electron chi connectivity index (χ1n) is 4.89. The summed E-state index contributed by atoms with van der Waals surface area (Å²) in [5, 5.41) is 2.55. The van der Waals surface area contributed by atoms with Crippen molar-refractivity contribution in [2.24, 2.45) is 5.92 Å². The van der Waals surface area contributed by atoms with Gasteiger partial charge in [0.05, 0.1) is 6.54 Å². The second kappa shape index (κ2) is 6.54. The molecule has 0 aliphatic rings. The zero-order chi connectivity index (χ0) is 11.1. The molecule has 0 spiro atoms. The fourth-order valence-electron chi connectivity index (χ4n) is 0.945. The van der Waals surface area contributed by atoms with Gasteiger partial charge in [0.25, 0.3) is 0 Å². The highest BCUT2D eigenvalue weighted by atomic mass is 16.1. The average Bonchev–Trinajstić information content (AvgIpc) is 2.13. The molecule has 0 radical (unpaired) electrons. The van der Waals surface area contributed by atoms with Crippen molar-refractivity contribution in [2.75, 3.05) is 27.2 Å². The number of likely N-dealkylation sites (N-methyl/N-ethyl adjacent to an activating group) is 1. The molecule has 1 N–H and O–H groups in total. The summed E-state index contributed by atoms with van der Waals surface area (Å²) in [6.07, 6.45) is 0.443.